The van der Waals surface area contributed by atoms with E-state index in [2.05, 4.69) is 26.7 Å². The summed E-state index contributed by atoms with van der Waals surface area (Å²) < 4.78 is 0. The minimum Gasteiger partial charge on any atom is -0.352 e. The largest absolute Gasteiger partial charge is 0.352 e. The molecule has 2 unspecified atom stereocenters. The first-order chi connectivity index (χ1) is 14.8. The van der Waals surface area contributed by atoms with Crippen LogP contribution in [-0.2, 0) is 12.8 Å². The van der Waals surface area contributed by atoms with Gasteiger partial charge in [0, 0.05) is 35.9 Å². The van der Waals surface area contributed by atoms with Gasteiger partial charge in [-0.3, -0.25) is 9.88 Å². The molecular weight excluding hydrogens is 392 g/mol. The summed E-state index contributed by atoms with van der Waals surface area (Å²) in [5, 5.41) is 1.32. The van der Waals surface area contributed by atoms with Gasteiger partial charge in [-0.15, -0.1) is 11.3 Å². The van der Waals surface area contributed by atoms with E-state index in [0.717, 1.165) is 29.3 Å². The monoisotopic (exact) mass is 420 g/mol. The van der Waals surface area contributed by atoms with Crippen LogP contribution in [0.2, 0.25) is 0 Å². The molecule has 2 saturated heterocycles. The van der Waals surface area contributed by atoms with Crippen LogP contribution < -0.4 is 4.90 Å². The third-order valence-electron chi connectivity index (χ3n) is 7.07. The molecule has 1 aliphatic carbocycles. The highest BCUT2D eigenvalue weighted by Gasteiger charge is 2.36. The van der Waals surface area contributed by atoms with E-state index < -0.39 is 0 Å². The molecule has 0 bridgehead atoms. The molecule has 6 nitrogen and oxygen atoms in total. The van der Waals surface area contributed by atoms with Crippen molar-refractivity contribution in [3.8, 4) is 11.5 Å². The van der Waals surface area contributed by atoms with Crippen LogP contribution in [0.15, 0.2) is 18.6 Å². The van der Waals surface area contributed by atoms with E-state index in [1.165, 1.54) is 67.4 Å². The quantitative estimate of drug-likeness (QED) is 0.636. The van der Waals surface area contributed by atoms with Crippen LogP contribution >= 0.6 is 11.3 Å². The van der Waals surface area contributed by atoms with Crippen molar-refractivity contribution in [1.82, 2.24) is 24.8 Å². The first-order valence-corrected chi connectivity index (χ1v) is 12.2. The lowest BCUT2D eigenvalue weighted by atomic mass is 9.97. The summed E-state index contributed by atoms with van der Waals surface area (Å²) in [7, 11) is 0. The number of aryl methyl sites for hydroxylation is 2. The van der Waals surface area contributed by atoms with Crippen molar-refractivity contribution in [3.05, 3.63) is 29.0 Å². The van der Waals surface area contributed by atoms with Gasteiger partial charge in [-0.05, 0) is 70.5 Å². The Morgan fingerprint density at radius 2 is 1.90 bits per heavy atom. The van der Waals surface area contributed by atoms with Crippen LogP contribution in [0.1, 0.15) is 49.5 Å². The number of aromatic nitrogens is 4. The molecule has 3 aromatic heterocycles. The number of hydrogen-bond acceptors (Lipinski definition) is 7. The second kappa shape index (κ2) is 7.54. The molecule has 156 valence electrons. The second-order valence-corrected chi connectivity index (χ2v) is 10.1. The van der Waals surface area contributed by atoms with Crippen molar-refractivity contribution >= 4 is 27.4 Å². The standard InChI is InChI=1S/C23H28N6S/c1-15-12-16(28-10-4-5-11-28)14-29(15)22-20-17-6-2-3-7-19(17)30-23(20)27-21(26-22)18-13-24-8-9-25-18/h8-9,13,15-16H,2-7,10-12,14H2,1H3. The average molecular weight is 421 g/mol. The van der Waals surface area contributed by atoms with Crippen molar-refractivity contribution < 1.29 is 0 Å². The lowest BCUT2D eigenvalue weighted by Crippen LogP contribution is -2.35. The highest BCUT2D eigenvalue weighted by Crippen LogP contribution is 2.42. The molecule has 30 heavy (non-hydrogen) atoms. The van der Waals surface area contributed by atoms with Gasteiger partial charge in [-0.2, -0.15) is 0 Å². The molecule has 6 rings (SSSR count). The molecule has 0 spiro atoms. The molecule has 3 aromatic rings. The number of nitrogens with zero attached hydrogens (tertiary/aromatic N) is 6. The number of anilines is 1. The van der Waals surface area contributed by atoms with Crippen molar-refractivity contribution in [2.24, 2.45) is 0 Å². The Hall–Kier alpha value is -2.12. The molecule has 7 heteroatoms. The lowest BCUT2D eigenvalue weighted by molar-refractivity contribution is 0.257. The zero-order chi connectivity index (χ0) is 20.1. The van der Waals surface area contributed by atoms with Crippen LogP contribution in [0.25, 0.3) is 21.7 Å². The lowest BCUT2D eigenvalue weighted by Gasteiger charge is -2.26. The maximum atomic E-state index is 5.15. The molecule has 2 atom stereocenters. The van der Waals surface area contributed by atoms with Gasteiger partial charge >= 0.3 is 0 Å². The average Bonchev–Trinajstić information content (AvgIpc) is 3.52. The summed E-state index contributed by atoms with van der Waals surface area (Å²) >= 11 is 1.87. The van der Waals surface area contributed by atoms with Crippen molar-refractivity contribution in [1.29, 1.82) is 0 Å². The van der Waals surface area contributed by atoms with Crippen molar-refractivity contribution in [2.75, 3.05) is 24.5 Å². The number of thiophene rings is 1. The van der Waals surface area contributed by atoms with E-state index in [1.54, 1.807) is 18.6 Å². The Labute approximate surface area is 181 Å². The van der Waals surface area contributed by atoms with E-state index in [0.29, 0.717) is 17.9 Å². The number of rotatable bonds is 3. The van der Waals surface area contributed by atoms with E-state index in [1.807, 2.05) is 11.3 Å². The summed E-state index contributed by atoms with van der Waals surface area (Å²) in [5.74, 6) is 1.84. The number of fused-ring (bicyclic) bond motifs is 3. The van der Waals surface area contributed by atoms with Crippen LogP contribution in [-0.4, -0.2) is 56.6 Å². The predicted molar refractivity (Wildman–Crippen MR) is 121 cm³/mol. The Kier molecular flexibility index (Phi) is 4.68. The molecule has 0 amide bonds. The van der Waals surface area contributed by atoms with Crippen LogP contribution in [0, 0.1) is 0 Å². The molecule has 0 radical (unpaired) electrons. The van der Waals surface area contributed by atoms with Crippen LogP contribution in [0.5, 0.6) is 0 Å². The number of likely N-dealkylation sites (tertiary alicyclic amines) is 1. The Morgan fingerprint density at radius 1 is 1.03 bits per heavy atom. The Bertz CT molecular complexity index is 1060. The Morgan fingerprint density at radius 3 is 2.73 bits per heavy atom. The van der Waals surface area contributed by atoms with Crippen molar-refractivity contribution in [2.45, 2.75) is 64.0 Å². The van der Waals surface area contributed by atoms with Gasteiger partial charge in [0.05, 0.1) is 11.6 Å². The van der Waals surface area contributed by atoms with Crippen LogP contribution in [0.3, 0.4) is 0 Å². The summed E-state index contributed by atoms with van der Waals surface area (Å²) in [6.07, 6.45) is 14.0. The minimum atomic E-state index is 0.488. The van der Waals surface area contributed by atoms with Gasteiger partial charge in [0.25, 0.3) is 0 Å². The minimum absolute atomic E-state index is 0.488. The van der Waals surface area contributed by atoms with E-state index >= 15 is 0 Å². The second-order valence-electron chi connectivity index (χ2n) is 8.99. The summed E-state index contributed by atoms with van der Waals surface area (Å²) in [6, 6.07) is 1.13. The molecule has 5 heterocycles. The molecule has 0 N–H and O–H groups in total. The fourth-order valence-corrected chi connectivity index (χ4v) is 6.80. The first kappa shape index (κ1) is 18.6. The van der Waals surface area contributed by atoms with Gasteiger partial charge in [-0.25, -0.2) is 15.0 Å². The zero-order valence-corrected chi connectivity index (χ0v) is 18.4. The van der Waals surface area contributed by atoms with Crippen LogP contribution in [0.4, 0.5) is 5.82 Å². The van der Waals surface area contributed by atoms with E-state index in [4.69, 9.17) is 9.97 Å². The summed E-state index contributed by atoms with van der Waals surface area (Å²) in [4.78, 5) is 26.8. The predicted octanol–water partition coefficient (Wildman–Crippen LogP) is 4.09. The van der Waals surface area contributed by atoms with Gasteiger partial charge in [0.1, 0.15) is 16.3 Å². The molecule has 3 aliphatic rings. The van der Waals surface area contributed by atoms with Gasteiger partial charge in [0.2, 0.25) is 0 Å². The highest BCUT2D eigenvalue weighted by molar-refractivity contribution is 7.19. The van der Waals surface area contributed by atoms with Gasteiger partial charge in [-0.1, -0.05) is 0 Å². The third-order valence-corrected chi connectivity index (χ3v) is 8.26. The first-order valence-electron chi connectivity index (χ1n) is 11.4. The summed E-state index contributed by atoms with van der Waals surface area (Å²) in [6.45, 7) is 5.94. The fourth-order valence-electron chi connectivity index (χ4n) is 5.54. The van der Waals surface area contributed by atoms with E-state index in [-0.39, 0.29) is 0 Å². The SMILES string of the molecule is CC1CC(N2CCCC2)CN1c1nc(-c2cnccn2)nc2sc3c(c12)CCCC3. The number of hydrogen-bond donors (Lipinski definition) is 0. The Balaban J connectivity index is 1.48. The molecule has 0 saturated carbocycles. The zero-order valence-electron chi connectivity index (χ0n) is 17.5. The third kappa shape index (κ3) is 3.10. The maximum Gasteiger partial charge on any atom is 0.183 e. The highest BCUT2D eigenvalue weighted by atomic mass is 32.1. The van der Waals surface area contributed by atoms with Gasteiger partial charge < -0.3 is 4.90 Å². The van der Waals surface area contributed by atoms with Crippen molar-refractivity contribution in [3.63, 3.8) is 0 Å². The van der Waals surface area contributed by atoms with Gasteiger partial charge in [0.15, 0.2) is 5.82 Å². The maximum absolute atomic E-state index is 5.15. The van der Waals surface area contributed by atoms with E-state index in [9.17, 15) is 0 Å². The summed E-state index contributed by atoms with van der Waals surface area (Å²) in [5.41, 5.74) is 2.27. The fraction of sp³-hybridized carbons (Fsp3) is 0.565. The molecular formula is C23H28N6S. The normalized spacial score (nSPS) is 24.6. The topological polar surface area (TPSA) is 58.0 Å². The molecule has 2 fully saturated rings. The molecule has 2 aliphatic heterocycles. The smallest absolute Gasteiger partial charge is 0.183 e. The molecule has 0 aromatic carbocycles.